The summed E-state index contributed by atoms with van der Waals surface area (Å²) in [5, 5.41) is 14.9. The molecular weight excluding hydrogens is 292 g/mol. The number of aliphatic hydroxyl groups excluding tert-OH is 1. The van der Waals surface area contributed by atoms with E-state index in [0.717, 1.165) is 30.2 Å². The molecule has 2 rings (SSSR count). The van der Waals surface area contributed by atoms with Crippen molar-refractivity contribution in [3.63, 3.8) is 0 Å². The van der Waals surface area contributed by atoms with Crippen LogP contribution in [-0.2, 0) is 6.54 Å². The number of rotatable bonds is 6. The molecule has 1 fully saturated rings. The van der Waals surface area contributed by atoms with Crippen LogP contribution >= 0.6 is 0 Å². The highest BCUT2D eigenvalue weighted by atomic mass is 16.3. The first-order chi connectivity index (χ1) is 11.0. The van der Waals surface area contributed by atoms with Gasteiger partial charge in [-0.1, -0.05) is 13.0 Å². The predicted octanol–water partition coefficient (Wildman–Crippen LogP) is 1.81. The summed E-state index contributed by atoms with van der Waals surface area (Å²) in [5.41, 5.74) is 2.03. The van der Waals surface area contributed by atoms with Crippen LogP contribution in [0.2, 0.25) is 0 Å². The monoisotopic (exact) mass is 320 g/mol. The van der Waals surface area contributed by atoms with Gasteiger partial charge in [0.2, 0.25) is 0 Å². The number of aliphatic hydroxyl groups is 1. The minimum atomic E-state index is -0.217. The molecule has 2 heterocycles. The van der Waals surface area contributed by atoms with Crippen LogP contribution in [0.1, 0.15) is 37.9 Å². The van der Waals surface area contributed by atoms with Gasteiger partial charge >= 0.3 is 6.03 Å². The Labute approximate surface area is 138 Å². The molecule has 6 heteroatoms. The lowest BCUT2D eigenvalue weighted by Crippen LogP contribution is -2.44. The molecule has 2 atom stereocenters. The van der Waals surface area contributed by atoms with Crippen molar-refractivity contribution < 1.29 is 9.90 Å². The Balaban J connectivity index is 1.96. The van der Waals surface area contributed by atoms with E-state index in [4.69, 9.17) is 5.11 Å². The molecular formula is C17H28N4O2. The molecule has 23 heavy (non-hydrogen) atoms. The van der Waals surface area contributed by atoms with Gasteiger partial charge in [0.25, 0.3) is 0 Å². The van der Waals surface area contributed by atoms with E-state index in [0.29, 0.717) is 6.54 Å². The van der Waals surface area contributed by atoms with E-state index in [1.165, 1.54) is 12.8 Å². The molecule has 2 amide bonds. The second-order valence-electron chi connectivity index (χ2n) is 6.41. The van der Waals surface area contributed by atoms with E-state index in [9.17, 15) is 4.79 Å². The standard InChI is InChI=1S/C17H28N4O2/c1-12(11-22)14(3)20-17(23)18-10-15-7-6-13(2)19-16(15)21-8-4-5-9-21/h6-7,12,14,22H,4-5,8-11H2,1-3H3,(H2,18,20,23). The van der Waals surface area contributed by atoms with Crippen LogP contribution in [0.25, 0.3) is 0 Å². The molecule has 0 radical (unpaired) electrons. The van der Waals surface area contributed by atoms with Gasteiger partial charge < -0.3 is 20.6 Å². The number of aromatic nitrogens is 1. The Morgan fingerprint density at radius 1 is 1.35 bits per heavy atom. The Hall–Kier alpha value is -1.82. The van der Waals surface area contributed by atoms with Crippen molar-refractivity contribution in [2.75, 3.05) is 24.6 Å². The number of carbonyl (C=O) groups excluding carboxylic acids is 1. The minimum absolute atomic E-state index is 0.0296. The largest absolute Gasteiger partial charge is 0.396 e. The first-order valence-electron chi connectivity index (χ1n) is 8.38. The topological polar surface area (TPSA) is 77.5 Å². The maximum Gasteiger partial charge on any atom is 0.315 e. The Bertz CT molecular complexity index is 529. The van der Waals surface area contributed by atoms with Gasteiger partial charge in [-0.3, -0.25) is 0 Å². The van der Waals surface area contributed by atoms with E-state index in [2.05, 4.69) is 20.5 Å². The zero-order valence-corrected chi connectivity index (χ0v) is 14.3. The predicted molar refractivity (Wildman–Crippen MR) is 91.5 cm³/mol. The summed E-state index contributed by atoms with van der Waals surface area (Å²) in [5.74, 6) is 1.02. The average Bonchev–Trinajstić information content (AvgIpc) is 3.07. The number of carbonyl (C=O) groups is 1. The number of urea groups is 1. The summed E-state index contributed by atoms with van der Waals surface area (Å²) in [6.45, 7) is 8.35. The lowest BCUT2D eigenvalue weighted by Gasteiger charge is -2.22. The molecule has 1 aromatic heterocycles. The average molecular weight is 320 g/mol. The van der Waals surface area contributed by atoms with Crippen LogP contribution in [0, 0.1) is 12.8 Å². The Kier molecular flexibility index (Phi) is 6.21. The van der Waals surface area contributed by atoms with Gasteiger partial charge in [-0.15, -0.1) is 0 Å². The zero-order valence-electron chi connectivity index (χ0n) is 14.3. The summed E-state index contributed by atoms with van der Waals surface area (Å²) < 4.78 is 0. The van der Waals surface area contributed by atoms with E-state index in [-0.39, 0.29) is 24.6 Å². The van der Waals surface area contributed by atoms with E-state index >= 15 is 0 Å². The van der Waals surface area contributed by atoms with Gasteiger partial charge in [0.05, 0.1) is 0 Å². The van der Waals surface area contributed by atoms with Crippen LogP contribution < -0.4 is 15.5 Å². The summed E-state index contributed by atoms with van der Waals surface area (Å²) in [4.78, 5) is 19.0. The van der Waals surface area contributed by atoms with Gasteiger partial charge in [0.15, 0.2) is 0 Å². The number of amides is 2. The molecule has 0 spiro atoms. The third-order valence-corrected chi connectivity index (χ3v) is 4.44. The van der Waals surface area contributed by atoms with Gasteiger partial charge in [-0.2, -0.15) is 0 Å². The third-order valence-electron chi connectivity index (χ3n) is 4.44. The van der Waals surface area contributed by atoms with Crippen molar-refractivity contribution in [3.05, 3.63) is 23.4 Å². The highest BCUT2D eigenvalue weighted by molar-refractivity contribution is 5.74. The van der Waals surface area contributed by atoms with E-state index in [1.807, 2.05) is 32.9 Å². The van der Waals surface area contributed by atoms with Crippen LogP contribution in [0.3, 0.4) is 0 Å². The SMILES string of the molecule is Cc1ccc(CNC(=O)NC(C)C(C)CO)c(N2CCCC2)n1. The van der Waals surface area contributed by atoms with Gasteiger partial charge in [-0.05, 0) is 38.7 Å². The number of aryl methyl sites for hydroxylation is 1. The maximum atomic E-state index is 12.0. The third kappa shape index (κ3) is 4.82. The summed E-state index contributed by atoms with van der Waals surface area (Å²) in [6.07, 6.45) is 2.39. The second kappa shape index (κ2) is 8.15. The second-order valence-corrected chi connectivity index (χ2v) is 6.41. The first kappa shape index (κ1) is 17.5. The molecule has 1 aromatic rings. The van der Waals surface area contributed by atoms with Gasteiger partial charge in [0, 0.05) is 43.5 Å². The van der Waals surface area contributed by atoms with Crippen LogP contribution in [0.15, 0.2) is 12.1 Å². The summed E-state index contributed by atoms with van der Waals surface area (Å²) >= 11 is 0. The Morgan fingerprint density at radius 2 is 2.04 bits per heavy atom. The fourth-order valence-corrected chi connectivity index (χ4v) is 2.65. The zero-order chi connectivity index (χ0) is 16.8. The van der Waals surface area contributed by atoms with Crippen molar-refractivity contribution in [1.82, 2.24) is 15.6 Å². The molecule has 3 N–H and O–H groups in total. The maximum absolute atomic E-state index is 12.0. The molecule has 6 nitrogen and oxygen atoms in total. The lowest BCUT2D eigenvalue weighted by atomic mass is 10.1. The molecule has 1 aliphatic heterocycles. The van der Waals surface area contributed by atoms with Gasteiger partial charge in [0.1, 0.15) is 5.82 Å². The minimum Gasteiger partial charge on any atom is -0.396 e. The number of hydrogen-bond donors (Lipinski definition) is 3. The van der Waals surface area contributed by atoms with Crippen molar-refractivity contribution in [3.8, 4) is 0 Å². The molecule has 0 bridgehead atoms. The summed E-state index contributed by atoms with van der Waals surface area (Å²) in [6, 6.07) is 3.72. The van der Waals surface area contributed by atoms with Crippen molar-refractivity contribution in [1.29, 1.82) is 0 Å². The normalized spacial score (nSPS) is 17.0. The smallest absolute Gasteiger partial charge is 0.315 e. The highest BCUT2D eigenvalue weighted by Gasteiger charge is 2.18. The highest BCUT2D eigenvalue weighted by Crippen LogP contribution is 2.22. The quantitative estimate of drug-likeness (QED) is 0.747. The molecule has 1 saturated heterocycles. The molecule has 0 aliphatic carbocycles. The van der Waals surface area contributed by atoms with E-state index < -0.39 is 0 Å². The Morgan fingerprint density at radius 3 is 2.70 bits per heavy atom. The van der Waals surface area contributed by atoms with Crippen molar-refractivity contribution in [2.45, 2.75) is 46.2 Å². The fourth-order valence-electron chi connectivity index (χ4n) is 2.65. The molecule has 128 valence electrons. The first-order valence-corrected chi connectivity index (χ1v) is 8.38. The number of nitrogens with zero attached hydrogens (tertiary/aromatic N) is 2. The van der Waals surface area contributed by atoms with Crippen LogP contribution in [0.4, 0.5) is 10.6 Å². The molecule has 2 unspecified atom stereocenters. The van der Waals surface area contributed by atoms with Crippen molar-refractivity contribution in [2.24, 2.45) is 5.92 Å². The number of anilines is 1. The van der Waals surface area contributed by atoms with Crippen LogP contribution in [-0.4, -0.2) is 41.9 Å². The number of pyridine rings is 1. The lowest BCUT2D eigenvalue weighted by molar-refractivity contribution is 0.200. The number of nitrogens with one attached hydrogen (secondary N) is 2. The van der Waals surface area contributed by atoms with Crippen LogP contribution in [0.5, 0.6) is 0 Å². The molecule has 1 aliphatic rings. The molecule has 0 aromatic carbocycles. The molecule has 0 saturated carbocycles. The fraction of sp³-hybridized carbons (Fsp3) is 0.647. The van der Waals surface area contributed by atoms with Gasteiger partial charge in [-0.25, -0.2) is 9.78 Å². The van der Waals surface area contributed by atoms with E-state index in [1.54, 1.807) is 0 Å². The number of hydrogen-bond acceptors (Lipinski definition) is 4. The van der Waals surface area contributed by atoms with Crippen molar-refractivity contribution >= 4 is 11.8 Å². The summed E-state index contributed by atoms with van der Waals surface area (Å²) in [7, 11) is 0.